The van der Waals surface area contributed by atoms with Crippen LogP contribution in [-0.2, 0) is 10.2 Å². The number of nitrogens with zero attached hydrogens (tertiary/aromatic N) is 2. The predicted octanol–water partition coefficient (Wildman–Crippen LogP) is 3.46. The SMILES string of the molecule is CC(C)(C)OC(=O)NCCCN1CCC(C#N)(c2ccccc2)CC1. The Morgan fingerprint density at radius 1 is 1.28 bits per heavy atom. The Bertz CT molecular complexity index is 594. The number of benzene rings is 1. The van der Waals surface area contributed by atoms with E-state index in [0.717, 1.165) is 44.5 Å². The van der Waals surface area contributed by atoms with Crippen molar-refractivity contribution in [1.82, 2.24) is 10.2 Å². The van der Waals surface area contributed by atoms with Crippen LogP contribution in [0.5, 0.6) is 0 Å². The maximum absolute atomic E-state index is 11.6. The third-order valence-electron chi connectivity index (χ3n) is 4.57. The number of rotatable bonds is 5. The second kappa shape index (κ2) is 8.35. The van der Waals surface area contributed by atoms with Gasteiger partial charge in [-0.1, -0.05) is 30.3 Å². The van der Waals surface area contributed by atoms with E-state index in [4.69, 9.17) is 4.74 Å². The fourth-order valence-electron chi connectivity index (χ4n) is 3.19. The number of hydrogen-bond acceptors (Lipinski definition) is 4. The quantitative estimate of drug-likeness (QED) is 0.832. The van der Waals surface area contributed by atoms with E-state index >= 15 is 0 Å². The first-order chi connectivity index (χ1) is 11.8. The molecule has 1 amide bonds. The van der Waals surface area contributed by atoms with Crippen molar-refractivity contribution in [2.45, 2.75) is 51.0 Å². The second-order valence-electron chi connectivity index (χ2n) is 7.68. The lowest BCUT2D eigenvalue weighted by Gasteiger charge is -2.37. The molecule has 0 aliphatic carbocycles. The molecule has 0 spiro atoms. The van der Waals surface area contributed by atoms with Crippen LogP contribution in [0.2, 0.25) is 0 Å². The lowest BCUT2D eigenvalue weighted by molar-refractivity contribution is 0.0525. The number of hydrogen-bond donors (Lipinski definition) is 1. The van der Waals surface area contributed by atoms with Crippen LogP contribution >= 0.6 is 0 Å². The van der Waals surface area contributed by atoms with Gasteiger partial charge in [-0.3, -0.25) is 0 Å². The summed E-state index contributed by atoms with van der Waals surface area (Å²) in [6.45, 7) is 8.92. The zero-order valence-electron chi connectivity index (χ0n) is 15.5. The van der Waals surface area contributed by atoms with Gasteiger partial charge in [-0.25, -0.2) is 4.79 Å². The van der Waals surface area contributed by atoms with Gasteiger partial charge in [0, 0.05) is 6.54 Å². The zero-order chi connectivity index (χ0) is 18.3. The molecular weight excluding hydrogens is 314 g/mol. The third-order valence-corrected chi connectivity index (χ3v) is 4.57. The topological polar surface area (TPSA) is 65.4 Å². The zero-order valence-corrected chi connectivity index (χ0v) is 15.5. The summed E-state index contributed by atoms with van der Waals surface area (Å²) in [6.07, 6.45) is 2.23. The number of nitriles is 1. The van der Waals surface area contributed by atoms with E-state index in [1.54, 1.807) is 0 Å². The van der Waals surface area contributed by atoms with Gasteiger partial charge in [0.15, 0.2) is 0 Å². The Balaban J connectivity index is 1.72. The molecule has 1 aromatic rings. The second-order valence-corrected chi connectivity index (χ2v) is 7.68. The molecule has 1 aliphatic heterocycles. The average molecular weight is 343 g/mol. The fraction of sp³-hybridized carbons (Fsp3) is 0.600. The highest BCUT2D eigenvalue weighted by molar-refractivity contribution is 5.67. The number of ether oxygens (including phenoxy) is 1. The first-order valence-corrected chi connectivity index (χ1v) is 9.01. The summed E-state index contributed by atoms with van der Waals surface area (Å²) in [4.78, 5) is 14.0. The lowest BCUT2D eigenvalue weighted by Crippen LogP contribution is -2.43. The minimum absolute atomic E-state index is 0.355. The number of nitrogens with one attached hydrogen (secondary N) is 1. The van der Waals surface area contributed by atoms with Gasteiger partial charge in [0.25, 0.3) is 0 Å². The summed E-state index contributed by atoms with van der Waals surface area (Å²) in [5, 5.41) is 12.5. The van der Waals surface area contributed by atoms with Crippen molar-refractivity contribution in [2.75, 3.05) is 26.2 Å². The monoisotopic (exact) mass is 343 g/mol. The fourth-order valence-corrected chi connectivity index (χ4v) is 3.19. The largest absolute Gasteiger partial charge is 0.444 e. The Labute approximate surface area is 151 Å². The van der Waals surface area contributed by atoms with E-state index in [9.17, 15) is 10.1 Å². The van der Waals surface area contributed by atoms with Crippen LogP contribution in [-0.4, -0.2) is 42.8 Å². The van der Waals surface area contributed by atoms with Crippen LogP contribution in [0.25, 0.3) is 0 Å². The molecule has 5 nitrogen and oxygen atoms in total. The maximum Gasteiger partial charge on any atom is 0.407 e. The summed E-state index contributed by atoms with van der Waals surface area (Å²) in [5.41, 5.74) is 0.311. The smallest absolute Gasteiger partial charge is 0.407 e. The molecule has 5 heteroatoms. The van der Waals surface area contributed by atoms with Gasteiger partial charge < -0.3 is 15.0 Å². The van der Waals surface area contributed by atoms with Crippen molar-refractivity contribution >= 4 is 6.09 Å². The molecule has 0 saturated carbocycles. The molecule has 0 aromatic heterocycles. The van der Waals surface area contributed by atoms with Crippen molar-refractivity contribution in [3.8, 4) is 6.07 Å². The summed E-state index contributed by atoms with van der Waals surface area (Å²) in [6, 6.07) is 12.7. The molecule has 1 aromatic carbocycles. The van der Waals surface area contributed by atoms with Crippen molar-refractivity contribution in [3.05, 3.63) is 35.9 Å². The van der Waals surface area contributed by atoms with E-state index in [1.165, 1.54) is 0 Å². The van der Waals surface area contributed by atoms with Crippen LogP contribution in [0.1, 0.15) is 45.6 Å². The van der Waals surface area contributed by atoms with Gasteiger partial charge in [-0.15, -0.1) is 0 Å². The molecule has 0 atom stereocenters. The summed E-state index contributed by atoms with van der Waals surface area (Å²) < 4.78 is 5.22. The number of likely N-dealkylation sites (tertiary alicyclic amines) is 1. The Kier molecular flexibility index (Phi) is 6.44. The third kappa shape index (κ3) is 5.75. The Morgan fingerprint density at radius 2 is 1.92 bits per heavy atom. The van der Waals surface area contributed by atoms with Crippen LogP contribution < -0.4 is 5.32 Å². The van der Waals surface area contributed by atoms with E-state index in [1.807, 2.05) is 39.0 Å². The van der Waals surface area contributed by atoms with Gasteiger partial charge in [0.05, 0.1) is 11.5 Å². The van der Waals surface area contributed by atoms with Gasteiger partial charge in [-0.2, -0.15) is 5.26 Å². The average Bonchev–Trinajstić information content (AvgIpc) is 2.59. The highest BCUT2D eigenvalue weighted by atomic mass is 16.6. The number of carbonyl (C=O) groups excluding carboxylic acids is 1. The number of alkyl carbamates (subject to hydrolysis) is 1. The van der Waals surface area contributed by atoms with Crippen molar-refractivity contribution in [2.24, 2.45) is 0 Å². The molecule has 0 unspecified atom stereocenters. The standard InChI is InChI=1S/C20H29N3O2/c1-19(2,3)25-18(24)22-12-7-13-23-14-10-20(16-21,11-15-23)17-8-5-4-6-9-17/h4-6,8-9H,7,10-15H2,1-3H3,(H,22,24). The van der Waals surface area contributed by atoms with Crippen molar-refractivity contribution < 1.29 is 9.53 Å². The van der Waals surface area contributed by atoms with Gasteiger partial charge in [0.1, 0.15) is 5.60 Å². The number of amides is 1. The molecule has 0 bridgehead atoms. The van der Waals surface area contributed by atoms with Gasteiger partial charge >= 0.3 is 6.09 Å². The van der Waals surface area contributed by atoms with Crippen LogP contribution in [0.15, 0.2) is 30.3 Å². The molecule has 1 aliphatic rings. The van der Waals surface area contributed by atoms with E-state index < -0.39 is 5.60 Å². The molecule has 1 N–H and O–H groups in total. The minimum Gasteiger partial charge on any atom is -0.444 e. The predicted molar refractivity (Wildman–Crippen MR) is 98.3 cm³/mol. The molecular formula is C20H29N3O2. The number of carbonyl (C=O) groups is 1. The van der Waals surface area contributed by atoms with Gasteiger partial charge in [0.2, 0.25) is 0 Å². The van der Waals surface area contributed by atoms with E-state index in [0.29, 0.717) is 6.54 Å². The lowest BCUT2D eigenvalue weighted by atomic mass is 9.74. The van der Waals surface area contributed by atoms with E-state index in [2.05, 4.69) is 28.4 Å². The van der Waals surface area contributed by atoms with Crippen LogP contribution in [0.3, 0.4) is 0 Å². The van der Waals surface area contributed by atoms with Gasteiger partial charge in [-0.05, 0) is 65.2 Å². The summed E-state index contributed by atoms with van der Waals surface area (Å²) in [7, 11) is 0. The highest BCUT2D eigenvalue weighted by Crippen LogP contribution is 2.34. The van der Waals surface area contributed by atoms with Crippen LogP contribution in [0.4, 0.5) is 4.79 Å². The van der Waals surface area contributed by atoms with Crippen LogP contribution in [0, 0.1) is 11.3 Å². The molecule has 0 radical (unpaired) electrons. The molecule has 136 valence electrons. The number of piperidine rings is 1. The molecule has 2 rings (SSSR count). The van der Waals surface area contributed by atoms with E-state index in [-0.39, 0.29) is 11.5 Å². The highest BCUT2D eigenvalue weighted by Gasteiger charge is 2.36. The molecule has 1 fully saturated rings. The Morgan fingerprint density at radius 3 is 2.48 bits per heavy atom. The summed E-state index contributed by atoms with van der Waals surface area (Å²) >= 11 is 0. The first kappa shape index (κ1) is 19.3. The first-order valence-electron chi connectivity index (χ1n) is 9.01. The molecule has 1 heterocycles. The normalized spacial score (nSPS) is 17.5. The summed E-state index contributed by atoms with van der Waals surface area (Å²) in [5.74, 6) is 0. The van der Waals surface area contributed by atoms with Crippen molar-refractivity contribution in [3.63, 3.8) is 0 Å². The van der Waals surface area contributed by atoms with Crippen molar-refractivity contribution in [1.29, 1.82) is 5.26 Å². The maximum atomic E-state index is 11.6. The Hall–Kier alpha value is -2.06. The minimum atomic E-state index is -0.463. The molecule has 1 saturated heterocycles. The molecule has 25 heavy (non-hydrogen) atoms.